The molecule has 0 saturated heterocycles. The minimum atomic E-state index is -0.510. The molecule has 0 bridgehead atoms. The van der Waals surface area contributed by atoms with E-state index in [9.17, 15) is 4.79 Å². The molecule has 2 heterocycles. The number of carbonyl (C=O) groups excluding carboxylic acids is 1. The van der Waals surface area contributed by atoms with Crippen LogP contribution in [-0.4, -0.2) is 37.1 Å². The zero-order valence-electron chi connectivity index (χ0n) is 10.7. The fourth-order valence-electron chi connectivity index (χ4n) is 1.63. The lowest BCUT2D eigenvalue weighted by Gasteiger charge is -2.05. The average Bonchev–Trinajstić information content (AvgIpc) is 2.97. The van der Waals surface area contributed by atoms with Crippen LogP contribution in [0.1, 0.15) is 28.9 Å². The molecule has 0 fully saturated rings. The van der Waals surface area contributed by atoms with Gasteiger partial charge in [-0.3, -0.25) is 0 Å². The lowest BCUT2D eigenvalue weighted by Crippen LogP contribution is -2.12. The SMILES string of the molecule is CCOC(=O)c1nnn(Cc2nccn2C)c1CCl. The summed E-state index contributed by atoms with van der Waals surface area (Å²) in [7, 11) is 1.88. The van der Waals surface area contributed by atoms with Gasteiger partial charge in [0, 0.05) is 19.4 Å². The Hall–Kier alpha value is -1.89. The Bertz CT molecular complexity index is 577. The van der Waals surface area contributed by atoms with Gasteiger partial charge in [0.15, 0.2) is 5.69 Å². The number of carbonyl (C=O) groups is 1. The molecule has 7 nitrogen and oxygen atoms in total. The molecule has 0 spiro atoms. The van der Waals surface area contributed by atoms with E-state index in [0.29, 0.717) is 12.2 Å². The molecule has 0 aliphatic heterocycles. The Labute approximate surface area is 115 Å². The minimum absolute atomic E-state index is 0.131. The first kappa shape index (κ1) is 13.5. The van der Waals surface area contributed by atoms with Crippen molar-refractivity contribution in [3.63, 3.8) is 0 Å². The summed E-state index contributed by atoms with van der Waals surface area (Å²) < 4.78 is 8.33. The first-order chi connectivity index (χ1) is 9.17. The Balaban J connectivity index is 2.27. The van der Waals surface area contributed by atoms with Gasteiger partial charge in [-0.05, 0) is 6.92 Å². The second-order valence-corrected chi connectivity index (χ2v) is 4.12. The van der Waals surface area contributed by atoms with Crippen LogP contribution in [0.15, 0.2) is 12.4 Å². The maximum absolute atomic E-state index is 11.7. The van der Waals surface area contributed by atoms with Crippen molar-refractivity contribution in [2.45, 2.75) is 19.3 Å². The van der Waals surface area contributed by atoms with E-state index >= 15 is 0 Å². The predicted molar refractivity (Wildman–Crippen MR) is 67.8 cm³/mol. The number of alkyl halides is 1. The summed E-state index contributed by atoms with van der Waals surface area (Å²) in [5.41, 5.74) is 0.689. The fraction of sp³-hybridized carbons (Fsp3) is 0.455. The van der Waals surface area contributed by atoms with E-state index in [1.54, 1.807) is 17.8 Å². The van der Waals surface area contributed by atoms with Gasteiger partial charge in [0.2, 0.25) is 0 Å². The van der Waals surface area contributed by atoms with Gasteiger partial charge in [-0.2, -0.15) is 0 Å². The van der Waals surface area contributed by atoms with Crippen LogP contribution < -0.4 is 0 Å². The molecular weight excluding hydrogens is 270 g/mol. The minimum Gasteiger partial charge on any atom is -0.461 e. The number of nitrogens with zero attached hydrogens (tertiary/aromatic N) is 5. The number of ether oxygens (including phenoxy) is 1. The zero-order chi connectivity index (χ0) is 13.8. The smallest absolute Gasteiger partial charge is 0.360 e. The highest BCUT2D eigenvalue weighted by Gasteiger charge is 2.20. The third-order valence-corrected chi connectivity index (χ3v) is 2.90. The number of halogens is 1. The van der Waals surface area contributed by atoms with Crippen molar-refractivity contribution in [2.24, 2.45) is 7.05 Å². The third kappa shape index (κ3) is 2.76. The number of rotatable bonds is 5. The normalized spacial score (nSPS) is 10.7. The van der Waals surface area contributed by atoms with Crippen molar-refractivity contribution < 1.29 is 9.53 Å². The van der Waals surface area contributed by atoms with E-state index in [-0.39, 0.29) is 18.2 Å². The van der Waals surface area contributed by atoms with Gasteiger partial charge < -0.3 is 9.30 Å². The molecule has 0 aliphatic rings. The summed E-state index contributed by atoms with van der Waals surface area (Å²) in [5.74, 6) is 0.418. The quantitative estimate of drug-likeness (QED) is 0.604. The topological polar surface area (TPSA) is 74.8 Å². The Kier molecular flexibility index (Phi) is 4.16. The van der Waals surface area contributed by atoms with Gasteiger partial charge in [0.1, 0.15) is 12.4 Å². The molecule has 0 unspecified atom stereocenters. The standard InChI is InChI=1S/C11H14ClN5O2/c1-3-19-11(18)10-8(6-12)17(15-14-10)7-9-13-4-5-16(9)2/h4-5H,3,6-7H2,1-2H3. The maximum Gasteiger partial charge on any atom is 0.360 e. The third-order valence-electron chi connectivity index (χ3n) is 2.65. The van der Waals surface area contributed by atoms with E-state index in [2.05, 4.69) is 15.3 Å². The van der Waals surface area contributed by atoms with Crippen molar-refractivity contribution in [3.05, 3.63) is 29.6 Å². The van der Waals surface area contributed by atoms with Crippen LogP contribution in [0.25, 0.3) is 0 Å². The van der Waals surface area contributed by atoms with Crippen LogP contribution >= 0.6 is 11.6 Å². The van der Waals surface area contributed by atoms with E-state index in [1.165, 1.54) is 0 Å². The maximum atomic E-state index is 11.7. The molecule has 102 valence electrons. The van der Waals surface area contributed by atoms with Crippen LogP contribution in [-0.2, 0) is 24.2 Å². The van der Waals surface area contributed by atoms with Gasteiger partial charge in [0.05, 0.1) is 18.2 Å². The molecule has 0 aromatic carbocycles. The van der Waals surface area contributed by atoms with Crippen LogP contribution in [0.3, 0.4) is 0 Å². The number of hydrogen-bond acceptors (Lipinski definition) is 5. The molecular formula is C11H14ClN5O2. The first-order valence-corrected chi connectivity index (χ1v) is 6.32. The molecule has 19 heavy (non-hydrogen) atoms. The summed E-state index contributed by atoms with van der Waals surface area (Å²) in [4.78, 5) is 15.9. The van der Waals surface area contributed by atoms with Crippen molar-refractivity contribution >= 4 is 17.6 Å². The molecule has 2 aromatic heterocycles. The number of aryl methyl sites for hydroxylation is 1. The van der Waals surface area contributed by atoms with Gasteiger partial charge in [-0.25, -0.2) is 14.5 Å². The number of esters is 1. The summed E-state index contributed by atoms with van der Waals surface area (Å²) >= 11 is 5.87. The summed E-state index contributed by atoms with van der Waals surface area (Å²) in [6.45, 7) is 2.42. The van der Waals surface area contributed by atoms with Crippen molar-refractivity contribution in [3.8, 4) is 0 Å². The lowest BCUT2D eigenvalue weighted by molar-refractivity contribution is 0.0518. The molecule has 2 rings (SSSR count). The molecule has 0 saturated carbocycles. The summed E-state index contributed by atoms with van der Waals surface area (Å²) in [6.07, 6.45) is 3.53. The zero-order valence-corrected chi connectivity index (χ0v) is 11.5. The largest absolute Gasteiger partial charge is 0.461 e. The second-order valence-electron chi connectivity index (χ2n) is 3.85. The van der Waals surface area contributed by atoms with Crippen molar-refractivity contribution in [1.29, 1.82) is 0 Å². The van der Waals surface area contributed by atoms with Crippen molar-refractivity contribution in [2.75, 3.05) is 6.61 Å². The van der Waals surface area contributed by atoms with Gasteiger partial charge >= 0.3 is 5.97 Å². The van der Waals surface area contributed by atoms with Gasteiger partial charge in [-0.1, -0.05) is 5.21 Å². The predicted octanol–water partition coefficient (Wildman–Crippen LogP) is 0.975. The average molecular weight is 284 g/mol. The van der Waals surface area contributed by atoms with Gasteiger partial charge in [-0.15, -0.1) is 16.7 Å². The Morgan fingerprint density at radius 3 is 2.89 bits per heavy atom. The Morgan fingerprint density at radius 2 is 2.32 bits per heavy atom. The first-order valence-electron chi connectivity index (χ1n) is 5.79. The monoisotopic (exact) mass is 283 g/mol. The van der Waals surface area contributed by atoms with E-state index in [4.69, 9.17) is 16.3 Å². The Morgan fingerprint density at radius 1 is 1.53 bits per heavy atom. The highest BCUT2D eigenvalue weighted by molar-refractivity contribution is 6.17. The number of imidazole rings is 1. The molecule has 0 atom stereocenters. The molecule has 8 heteroatoms. The fourth-order valence-corrected chi connectivity index (χ4v) is 1.90. The highest BCUT2D eigenvalue weighted by atomic mass is 35.5. The molecule has 0 amide bonds. The summed E-state index contributed by atoms with van der Waals surface area (Å²) in [6, 6.07) is 0. The summed E-state index contributed by atoms with van der Waals surface area (Å²) in [5, 5.41) is 7.77. The molecule has 2 aromatic rings. The van der Waals surface area contributed by atoms with Crippen LogP contribution in [0.4, 0.5) is 0 Å². The number of aromatic nitrogens is 5. The van der Waals surface area contributed by atoms with Gasteiger partial charge in [0.25, 0.3) is 0 Å². The van der Waals surface area contributed by atoms with Crippen molar-refractivity contribution in [1.82, 2.24) is 24.5 Å². The molecule has 0 N–H and O–H groups in total. The van der Waals surface area contributed by atoms with Crippen LogP contribution in [0, 0.1) is 0 Å². The lowest BCUT2D eigenvalue weighted by atomic mass is 10.3. The number of hydrogen-bond donors (Lipinski definition) is 0. The molecule has 0 radical (unpaired) electrons. The highest BCUT2D eigenvalue weighted by Crippen LogP contribution is 2.12. The molecule has 0 aliphatic carbocycles. The van der Waals surface area contributed by atoms with Crippen LogP contribution in [0.2, 0.25) is 0 Å². The second kappa shape index (κ2) is 5.83. The van der Waals surface area contributed by atoms with E-state index in [1.807, 2.05) is 17.8 Å². The van der Waals surface area contributed by atoms with E-state index in [0.717, 1.165) is 5.82 Å². The van der Waals surface area contributed by atoms with E-state index < -0.39 is 5.97 Å². The van der Waals surface area contributed by atoms with Crippen LogP contribution in [0.5, 0.6) is 0 Å².